The van der Waals surface area contributed by atoms with E-state index in [2.05, 4.69) is 4.74 Å². The van der Waals surface area contributed by atoms with E-state index in [-0.39, 0.29) is 17.4 Å². The molecule has 1 aliphatic heterocycles. The normalized spacial score (nSPS) is 16.8. The summed E-state index contributed by atoms with van der Waals surface area (Å²) in [5, 5.41) is 0. The maximum absolute atomic E-state index is 12.4. The number of alkyl halides is 2. The number of benzene rings is 1. The van der Waals surface area contributed by atoms with E-state index in [4.69, 9.17) is 17.0 Å². The predicted molar refractivity (Wildman–Crippen MR) is 85.2 cm³/mol. The molecule has 2 rings (SSSR count). The Morgan fingerprint density at radius 1 is 1.41 bits per heavy atom. The lowest BCUT2D eigenvalue weighted by molar-refractivity contribution is -0.122. The predicted octanol–water partition coefficient (Wildman–Crippen LogP) is 3.52. The number of amides is 1. The molecule has 1 aliphatic rings. The van der Waals surface area contributed by atoms with Gasteiger partial charge in [0, 0.05) is 6.54 Å². The highest BCUT2D eigenvalue weighted by Gasteiger charge is 2.30. The van der Waals surface area contributed by atoms with Crippen LogP contribution in [0.5, 0.6) is 11.5 Å². The van der Waals surface area contributed by atoms with Crippen LogP contribution in [0.1, 0.15) is 12.5 Å². The number of carbonyl (C=O) groups excluding carboxylic acids is 1. The Balaban J connectivity index is 2.32. The van der Waals surface area contributed by atoms with Crippen LogP contribution in [0.15, 0.2) is 23.1 Å². The number of rotatable bonds is 5. The number of nitrogens with zero attached hydrogens (tertiary/aromatic N) is 1. The van der Waals surface area contributed by atoms with Crippen LogP contribution in [0, 0.1) is 0 Å². The van der Waals surface area contributed by atoms with Crippen molar-refractivity contribution in [2.24, 2.45) is 0 Å². The van der Waals surface area contributed by atoms with Crippen LogP contribution in [0.4, 0.5) is 8.78 Å². The van der Waals surface area contributed by atoms with Gasteiger partial charge in [0.05, 0.1) is 12.0 Å². The van der Waals surface area contributed by atoms with Crippen LogP contribution in [-0.2, 0) is 4.79 Å². The van der Waals surface area contributed by atoms with Gasteiger partial charge in [0.15, 0.2) is 11.5 Å². The van der Waals surface area contributed by atoms with Crippen molar-refractivity contribution >= 4 is 40.3 Å². The number of halogens is 2. The molecule has 0 saturated carbocycles. The summed E-state index contributed by atoms with van der Waals surface area (Å²) in [5.74, 6) is -0.0829. The molecule has 0 atom stereocenters. The summed E-state index contributed by atoms with van der Waals surface area (Å²) in [6.07, 6.45) is 1.59. The minimum Gasteiger partial charge on any atom is -0.493 e. The maximum Gasteiger partial charge on any atom is 0.387 e. The van der Waals surface area contributed by atoms with Gasteiger partial charge in [-0.25, -0.2) is 0 Å². The first-order chi connectivity index (χ1) is 10.5. The molecule has 0 aromatic heterocycles. The van der Waals surface area contributed by atoms with Gasteiger partial charge < -0.3 is 9.47 Å². The van der Waals surface area contributed by atoms with Gasteiger partial charge in [-0.2, -0.15) is 8.78 Å². The molecule has 0 radical (unpaired) electrons. The smallest absolute Gasteiger partial charge is 0.387 e. The summed E-state index contributed by atoms with van der Waals surface area (Å²) in [5.41, 5.74) is 0.549. The molecule has 118 valence electrons. The molecule has 22 heavy (non-hydrogen) atoms. The Labute approximate surface area is 136 Å². The van der Waals surface area contributed by atoms with Crippen LogP contribution in [0.3, 0.4) is 0 Å². The zero-order valence-corrected chi connectivity index (χ0v) is 13.5. The van der Waals surface area contributed by atoms with Crippen LogP contribution in [-0.4, -0.2) is 35.4 Å². The van der Waals surface area contributed by atoms with Crippen molar-refractivity contribution in [3.8, 4) is 11.5 Å². The van der Waals surface area contributed by atoms with Crippen LogP contribution in [0.2, 0.25) is 0 Å². The van der Waals surface area contributed by atoms with Gasteiger partial charge in [0.25, 0.3) is 5.91 Å². The molecule has 4 nitrogen and oxygen atoms in total. The first-order valence-corrected chi connectivity index (χ1v) is 7.57. The Bertz CT molecular complexity index is 635. The van der Waals surface area contributed by atoms with E-state index in [1.54, 1.807) is 12.1 Å². The Hall–Kier alpha value is -1.67. The average molecular weight is 345 g/mol. The fourth-order valence-corrected chi connectivity index (χ4v) is 3.28. The van der Waals surface area contributed by atoms with E-state index in [1.165, 1.54) is 35.9 Å². The van der Waals surface area contributed by atoms with Crippen LogP contribution < -0.4 is 9.47 Å². The fourth-order valence-electron chi connectivity index (χ4n) is 1.90. The molecule has 1 aromatic carbocycles. The fraction of sp³-hybridized carbons (Fsp3) is 0.286. The number of methoxy groups -OCH3 is 1. The van der Waals surface area contributed by atoms with E-state index < -0.39 is 6.61 Å². The zero-order chi connectivity index (χ0) is 16.3. The summed E-state index contributed by atoms with van der Waals surface area (Å²) in [6.45, 7) is -0.637. The zero-order valence-electron chi connectivity index (χ0n) is 11.8. The lowest BCUT2D eigenvalue weighted by Crippen LogP contribution is -2.27. The summed E-state index contributed by atoms with van der Waals surface area (Å²) in [6, 6.07) is 4.54. The standard InChI is InChI=1S/C14H13F2NO3S2/c1-3-17-12(18)11(22-14(17)21)7-8-4-5-9(19-2)10(6-8)20-13(15)16/h4-7,13H,3H2,1-2H3/b11-7+. The van der Waals surface area contributed by atoms with Gasteiger partial charge >= 0.3 is 6.61 Å². The molecule has 0 spiro atoms. The number of hydrogen-bond donors (Lipinski definition) is 0. The molecule has 1 amide bonds. The van der Waals surface area contributed by atoms with Crippen LogP contribution in [0.25, 0.3) is 6.08 Å². The van der Waals surface area contributed by atoms with Crippen molar-refractivity contribution in [3.05, 3.63) is 28.7 Å². The van der Waals surface area contributed by atoms with E-state index >= 15 is 0 Å². The highest BCUT2D eigenvalue weighted by atomic mass is 32.2. The molecule has 1 fully saturated rings. The number of hydrogen-bond acceptors (Lipinski definition) is 5. The first kappa shape index (κ1) is 16.7. The summed E-state index contributed by atoms with van der Waals surface area (Å²) >= 11 is 6.30. The minimum absolute atomic E-state index is 0.0859. The topological polar surface area (TPSA) is 38.8 Å². The van der Waals surface area contributed by atoms with Crippen molar-refractivity contribution in [2.75, 3.05) is 13.7 Å². The highest BCUT2D eigenvalue weighted by molar-refractivity contribution is 8.26. The summed E-state index contributed by atoms with van der Waals surface area (Å²) < 4.78 is 34.7. The third-order valence-electron chi connectivity index (χ3n) is 2.89. The van der Waals surface area contributed by atoms with Crippen molar-refractivity contribution in [2.45, 2.75) is 13.5 Å². The molecule has 0 aliphatic carbocycles. The minimum atomic E-state index is -2.96. The lowest BCUT2D eigenvalue weighted by Gasteiger charge is -2.11. The van der Waals surface area contributed by atoms with Crippen molar-refractivity contribution in [1.82, 2.24) is 4.90 Å². The van der Waals surface area contributed by atoms with E-state index in [0.717, 1.165) is 0 Å². The van der Waals surface area contributed by atoms with E-state index in [0.29, 0.717) is 21.3 Å². The van der Waals surface area contributed by atoms with Gasteiger partial charge in [0.2, 0.25) is 0 Å². The number of thiocarbonyl (C=S) groups is 1. The lowest BCUT2D eigenvalue weighted by atomic mass is 10.2. The monoisotopic (exact) mass is 345 g/mol. The number of carbonyl (C=O) groups is 1. The first-order valence-electron chi connectivity index (χ1n) is 6.34. The summed E-state index contributed by atoms with van der Waals surface area (Å²) in [4.78, 5) is 14.0. The largest absolute Gasteiger partial charge is 0.493 e. The second kappa shape index (κ2) is 7.06. The Morgan fingerprint density at radius 2 is 2.14 bits per heavy atom. The van der Waals surface area contributed by atoms with Gasteiger partial charge in [-0.1, -0.05) is 30.0 Å². The third kappa shape index (κ3) is 3.56. The third-order valence-corrected chi connectivity index (χ3v) is 4.27. The highest BCUT2D eigenvalue weighted by Crippen LogP contribution is 2.34. The molecule has 0 unspecified atom stereocenters. The van der Waals surface area contributed by atoms with Gasteiger partial charge in [-0.15, -0.1) is 0 Å². The molecule has 8 heteroatoms. The van der Waals surface area contributed by atoms with Gasteiger partial charge in [-0.3, -0.25) is 9.69 Å². The van der Waals surface area contributed by atoms with E-state index in [1.807, 2.05) is 6.92 Å². The molecule has 0 N–H and O–H groups in total. The van der Waals surface area contributed by atoms with Crippen molar-refractivity contribution < 1.29 is 23.0 Å². The van der Waals surface area contributed by atoms with E-state index in [9.17, 15) is 13.6 Å². The number of thioether (sulfide) groups is 1. The second-order valence-electron chi connectivity index (χ2n) is 4.21. The Morgan fingerprint density at radius 3 is 2.68 bits per heavy atom. The second-order valence-corrected chi connectivity index (χ2v) is 5.89. The molecular weight excluding hydrogens is 332 g/mol. The summed E-state index contributed by atoms with van der Waals surface area (Å²) in [7, 11) is 1.36. The maximum atomic E-state index is 12.4. The molecule has 1 heterocycles. The molecular formula is C14H13F2NO3S2. The molecule has 1 aromatic rings. The quantitative estimate of drug-likeness (QED) is 0.603. The average Bonchev–Trinajstić information content (AvgIpc) is 2.72. The Kier molecular flexibility index (Phi) is 5.36. The van der Waals surface area contributed by atoms with Crippen molar-refractivity contribution in [1.29, 1.82) is 0 Å². The van der Waals surface area contributed by atoms with Gasteiger partial charge in [-0.05, 0) is 30.7 Å². The number of ether oxygens (including phenoxy) is 2. The van der Waals surface area contributed by atoms with Crippen LogP contribution >= 0.6 is 24.0 Å². The van der Waals surface area contributed by atoms with Crippen molar-refractivity contribution in [3.63, 3.8) is 0 Å². The molecule has 1 saturated heterocycles. The number of likely N-dealkylation sites (N-methyl/N-ethyl adjacent to an activating group) is 1. The molecule has 0 bridgehead atoms. The van der Waals surface area contributed by atoms with Gasteiger partial charge in [0.1, 0.15) is 4.32 Å². The SMILES string of the molecule is CCN1C(=O)/C(=C\c2ccc(OC)c(OC(F)F)c2)SC1=S.